The Labute approximate surface area is 207 Å². The van der Waals surface area contributed by atoms with Gasteiger partial charge in [0.25, 0.3) is 0 Å². The van der Waals surface area contributed by atoms with Gasteiger partial charge in [0.05, 0.1) is 28.5 Å². The summed E-state index contributed by atoms with van der Waals surface area (Å²) in [5, 5.41) is 13.7. The van der Waals surface area contributed by atoms with E-state index >= 15 is 0 Å². The average molecular weight is 516 g/mol. The molecule has 1 aliphatic carbocycles. The second-order valence-electron chi connectivity index (χ2n) is 8.13. The van der Waals surface area contributed by atoms with Gasteiger partial charge in [-0.2, -0.15) is 5.10 Å². The molecule has 0 atom stereocenters. The quantitative estimate of drug-likeness (QED) is 0.401. The normalized spacial score (nSPS) is 16.5. The Morgan fingerprint density at radius 2 is 2.06 bits per heavy atom. The molecule has 0 bridgehead atoms. The van der Waals surface area contributed by atoms with E-state index in [4.69, 9.17) is 10.1 Å². The first-order chi connectivity index (χ1) is 16.4. The topological polar surface area (TPSA) is 67.5 Å². The van der Waals surface area contributed by atoms with Crippen molar-refractivity contribution in [2.24, 2.45) is 0 Å². The Balaban J connectivity index is 1.86. The second kappa shape index (κ2) is 10.2. The maximum Gasteiger partial charge on any atom is 0.307 e. The smallest absolute Gasteiger partial charge is 0.307 e. The van der Waals surface area contributed by atoms with Crippen LogP contribution in [0.25, 0.3) is 22.5 Å². The monoisotopic (exact) mass is 515 g/mol. The molecule has 5 nitrogen and oxygen atoms in total. The molecule has 0 unspecified atom stereocenters. The summed E-state index contributed by atoms with van der Waals surface area (Å²) in [7, 11) is 0. The lowest BCUT2D eigenvalue weighted by molar-refractivity contribution is -0.136. The van der Waals surface area contributed by atoms with Gasteiger partial charge in [-0.15, -0.1) is 0 Å². The highest BCUT2D eigenvalue weighted by molar-refractivity contribution is 9.10. The molecule has 2 aromatic heterocycles. The van der Waals surface area contributed by atoms with E-state index < -0.39 is 5.97 Å². The predicted octanol–water partition coefficient (Wildman–Crippen LogP) is 6.89. The van der Waals surface area contributed by atoms with Crippen molar-refractivity contribution in [3.63, 3.8) is 0 Å². The number of carboxylic acid groups (broad SMARTS) is 1. The molecule has 4 rings (SSSR count). The van der Waals surface area contributed by atoms with Crippen molar-refractivity contribution in [2.75, 3.05) is 0 Å². The van der Waals surface area contributed by atoms with Crippen LogP contribution >= 0.6 is 15.9 Å². The number of fused-ring (bicyclic) bond motifs is 1. The molecule has 0 saturated heterocycles. The largest absolute Gasteiger partial charge is 0.481 e. The first-order valence-corrected chi connectivity index (χ1v) is 11.9. The van der Waals surface area contributed by atoms with Gasteiger partial charge in [0.15, 0.2) is 5.65 Å². The number of rotatable bonds is 5. The van der Waals surface area contributed by atoms with Gasteiger partial charge in [-0.05, 0) is 71.0 Å². The van der Waals surface area contributed by atoms with Crippen LogP contribution in [-0.4, -0.2) is 25.7 Å². The Kier molecular flexibility index (Phi) is 7.08. The summed E-state index contributed by atoms with van der Waals surface area (Å²) in [4.78, 5) is 16.0. The van der Waals surface area contributed by atoms with Crippen molar-refractivity contribution >= 4 is 33.1 Å². The minimum atomic E-state index is -0.848. The van der Waals surface area contributed by atoms with Crippen LogP contribution in [0.5, 0.6) is 0 Å². The van der Waals surface area contributed by atoms with Gasteiger partial charge in [0.2, 0.25) is 0 Å². The first-order valence-electron chi connectivity index (χ1n) is 11.1. The van der Waals surface area contributed by atoms with Crippen LogP contribution in [-0.2, 0) is 11.2 Å². The number of hydrogen-bond donors (Lipinski definition) is 1. The molecule has 0 radical (unpaired) electrons. The molecule has 1 aliphatic rings. The molecule has 0 amide bonds. The van der Waals surface area contributed by atoms with E-state index in [1.807, 2.05) is 54.1 Å². The van der Waals surface area contributed by atoms with Crippen LogP contribution in [0.15, 0.2) is 89.1 Å². The number of carboxylic acids is 1. The molecule has 2 heterocycles. The fourth-order valence-electron chi connectivity index (χ4n) is 4.13. The molecular formula is C28H26BrN3O2. The highest BCUT2D eigenvalue weighted by Crippen LogP contribution is 2.34. The van der Waals surface area contributed by atoms with Gasteiger partial charge >= 0.3 is 5.97 Å². The molecular weight excluding hydrogens is 490 g/mol. The van der Waals surface area contributed by atoms with E-state index in [0.717, 1.165) is 62.2 Å². The van der Waals surface area contributed by atoms with Crippen molar-refractivity contribution in [1.29, 1.82) is 0 Å². The Bertz CT molecular complexity index is 1390. The summed E-state index contributed by atoms with van der Waals surface area (Å²) < 4.78 is 2.70. The maximum atomic E-state index is 11.0. The number of benzene rings is 1. The summed E-state index contributed by atoms with van der Waals surface area (Å²) in [6.45, 7) is 7.95. The summed E-state index contributed by atoms with van der Waals surface area (Å²) >= 11 is 3.70. The molecule has 3 aromatic rings. The van der Waals surface area contributed by atoms with Gasteiger partial charge in [-0.3, -0.25) is 4.79 Å². The number of allylic oxidation sites excluding steroid dienone is 9. The molecule has 1 N–H and O–H groups in total. The zero-order valence-corrected chi connectivity index (χ0v) is 20.8. The molecule has 0 fully saturated rings. The summed E-state index contributed by atoms with van der Waals surface area (Å²) in [6.07, 6.45) is 16.3. The van der Waals surface area contributed by atoms with Crippen LogP contribution in [0.4, 0.5) is 0 Å². The molecule has 0 spiro atoms. The number of carbonyl (C=O) groups is 1. The zero-order valence-electron chi connectivity index (χ0n) is 19.3. The number of aliphatic carboxylic acids is 1. The highest BCUT2D eigenvalue weighted by atomic mass is 79.9. The van der Waals surface area contributed by atoms with Crippen LogP contribution in [0, 0.1) is 6.92 Å². The number of aryl methyl sites for hydroxylation is 1. The SMILES string of the molecule is C=CC=C1C=C(c2cnn3c(C)c(Br)c(-c4ccc(CC(=O)O)cc4)nc23)C=CCCC1=CC. The fourth-order valence-corrected chi connectivity index (χ4v) is 4.61. The van der Waals surface area contributed by atoms with Crippen LogP contribution < -0.4 is 0 Å². The number of halogens is 1. The van der Waals surface area contributed by atoms with Crippen molar-refractivity contribution in [3.05, 3.63) is 106 Å². The van der Waals surface area contributed by atoms with E-state index in [-0.39, 0.29) is 6.42 Å². The number of aromatic nitrogens is 3. The van der Waals surface area contributed by atoms with Crippen molar-refractivity contribution in [3.8, 4) is 11.3 Å². The third-order valence-corrected chi connectivity index (χ3v) is 6.85. The fraction of sp³-hybridized carbons (Fsp3) is 0.179. The molecule has 6 heteroatoms. The van der Waals surface area contributed by atoms with Crippen LogP contribution in [0.2, 0.25) is 0 Å². The maximum absolute atomic E-state index is 11.0. The zero-order chi connectivity index (χ0) is 24.2. The molecule has 172 valence electrons. The van der Waals surface area contributed by atoms with Crippen molar-refractivity contribution < 1.29 is 9.90 Å². The third-order valence-electron chi connectivity index (χ3n) is 5.90. The lowest BCUT2D eigenvalue weighted by atomic mass is 9.93. The van der Waals surface area contributed by atoms with Gasteiger partial charge in [0, 0.05) is 11.1 Å². The molecule has 0 aliphatic heterocycles. The van der Waals surface area contributed by atoms with Crippen molar-refractivity contribution in [2.45, 2.75) is 33.1 Å². The minimum absolute atomic E-state index is 0.00500. The summed E-state index contributed by atoms with van der Waals surface area (Å²) in [5.74, 6) is -0.848. The van der Waals surface area contributed by atoms with Crippen LogP contribution in [0.3, 0.4) is 0 Å². The Morgan fingerprint density at radius 1 is 1.29 bits per heavy atom. The number of nitrogens with zero attached hydrogens (tertiary/aromatic N) is 3. The van der Waals surface area contributed by atoms with Gasteiger partial charge in [0.1, 0.15) is 0 Å². The molecule has 34 heavy (non-hydrogen) atoms. The Morgan fingerprint density at radius 3 is 2.74 bits per heavy atom. The Hall–Kier alpha value is -3.51. The predicted molar refractivity (Wildman–Crippen MR) is 141 cm³/mol. The third kappa shape index (κ3) is 4.73. The van der Waals surface area contributed by atoms with E-state index in [1.165, 1.54) is 5.57 Å². The van der Waals surface area contributed by atoms with E-state index in [2.05, 4.69) is 58.8 Å². The highest BCUT2D eigenvalue weighted by Gasteiger charge is 2.18. The first kappa shape index (κ1) is 23.6. The van der Waals surface area contributed by atoms with Gasteiger partial charge in [-0.25, -0.2) is 9.50 Å². The molecule has 1 aromatic carbocycles. The van der Waals surface area contributed by atoms with E-state index in [9.17, 15) is 4.79 Å². The minimum Gasteiger partial charge on any atom is -0.481 e. The summed E-state index contributed by atoms with van der Waals surface area (Å²) in [6, 6.07) is 7.49. The van der Waals surface area contributed by atoms with Gasteiger partial charge < -0.3 is 5.11 Å². The van der Waals surface area contributed by atoms with Crippen LogP contribution in [0.1, 0.15) is 36.6 Å². The van der Waals surface area contributed by atoms with E-state index in [1.54, 1.807) is 0 Å². The number of hydrogen-bond acceptors (Lipinski definition) is 3. The lowest BCUT2D eigenvalue weighted by Gasteiger charge is -2.13. The second-order valence-corrected chi connectivity index (χ2v) is 8.93. The summed E-state index contributed by atoms with van der Waals surface area (Å²) in [5.41, 5.74) is 8.56. The lowest BCUT2D eigenvalue weighted by Crippen LogP contribution is -2.02. The standard InChI is InChI=1S/C28H26BrN3O2/c1-4-8-22-16-23(10-7-6-9-20(22)5-2)24-17-30-32-18(3)26(29)27(31-28(24)32)21-13-11-19(12-14-21)15-25(33)34/h4-5,7-8,10-14,16-17H,1,6,9,15H2,2-3H3,(H,33,34). The van der Waals surface area contributed by atoms with Crippen molar-refractivity contribution in [1.82, 2.24) is 14.6 Å². The van der Waals surface area contributed by atoms with Gasteiger partial charge in [-0.1, -0.05) is 61.2 Å². The van der Waals surface area contributed by atoms with E-state index in [0.29, 0.717) is 0 Å². The molecule has 0 saturated carbocycles. The average Bonchev–Trinajstić information content (AvgIpc) is 3.22.